The predicted octanol–water partition coefficient (Wildman–Crippen LogP) is 1.84. The molecule has 9 nitrogen and oxygen atoms in total. The van der Waals surface area contributed by atoms with E-state index in [1.807, 2.05) is 0 Å². The molecule has 1 aromatic carbocycles. The second kappa shape index (κ2) is 8.87. The van der Waals surface area contributed by atoms with Crippen LogP contribution in [0.5, 0.6) is 11.5 Å². The smallest absolute Gasteiger partial charge is 0.405 e. The number of carbonyl (C=O) groups excluding carboxylic acids is 2. The van der Waals surface area contributed by atoms with Crippen molar-refractivity contribution in [3.63, 3.8) is 0 Å². The highest BCUT2D eigenvalue weighted by Gasteiger charge is 2.29. The van der Waals surface area contributed by atoms with E-state index >= 15 is 0 Å². The lowest BCUT2D eigenvalue weighted by Gasteiger charge is -2.12. The van der Waals surface area contributed by atoms with Gasteiger partial charge in [-0.15, -0.1) is 0 Å². The Bertz CT molecular complexity index is 692. The van der Waals surface area contributed by atoms with Gasteiger partial charge in [-0.3, -0.25) is 14.9 Å². The van der Waals surface area contributed by atoms with E-state index in [1.165, 1.54) is 12.4 Å². The first-order valence-corrected chi connectivity index (χ1v) is 7.08. The van der Waals surface area contributed by atoms with Crippen LogP contribution in [0.2, 0.25) is 0 Å². The van der Waals surface area contributed by atoms with Crippen LogP contribution in [-0.4, -0.2) is 49.8 Å². The number of rotatable bonds is 8. The summed E-state index contributed by atoms with van der Waals surface area (Å²) in [5.74, 6) is -2.47. The van der Waals surface area contributed by atoms with Crippen molar-refractivity contribution in [1.29, 1.82) is 0 Å². The minimum absolute atomic E-state index is 0.00183. The second-order valence-corrected chi connectivity index (χ2v) is 4.68. The van der Waals surface area contributed by atoms with Crippen molar-refractivity contribution >= 4 is 17.6 Å². The molecule has 0 aliphatic heterocycles. The first-order valence-electron chi connectivity index (χ1n) is 7.08. The Morgan fingerprint density at radius 2 is 1.92 bits per heavy atom. The Hall–Kier alpha value is -3.05. The molecule has 0 aliphatic rings. The van der Waals surface area contributed by atoms with E-state index in [4.69, 9.17) is 9.47 Å². The van der Waals surface area contributed by atoms with Crippen molar-refractivity contribution in [3.05, 3.63) is 27.8 Å². The predicted molar refractivity (Wildman–Crippen MR) is 80.2 cm³/mol. The molecule has 1 amide bonds. The zero-order valence-electron chi connectivity index (χ0n) is 13.7. The topological polar surface area (TPSA) is 117 Å². The van der Waals surface area contributed by atoms with Crippen LogP contribution in [0, 0.1) is 10.1 Å². The summed E-state index contributed by atoms with van der Waals surface area (Å²) < 4.78 is 50.6. The van der Waals surface area contributed by atoms with Gasteiger partial charge in [-0.05, 0) is 6.92 Å². The average Bonchev–Trinajstić information content (AvgIpc) is 2.56. The minimum Gasteiger partial charge on any atom is -0.493 e. The third-order valence-corrected chi connectivity index (χ3v) is 2.82. The molecular weight excluding hydrogens is 365 g/mol. The van der Waals surface area contributed by atoms with Crippen LogP contribution in [0.1, 0.15) is 17.3 Å². The van der Waals surface area contributed by atoms with Crippen LogP contribution in [0.4, 0.5) is 18.9 Å². The summed E-state index contributed by atoms with van der Waals surface area (Å²) in [4.78, 5) is 33.5. The average molecular weight is 380 g/mol. The Balaban J connectivity index is 2.94. The number of benzene rings is 1. The van der Waals surface area contributed by atoms with E-state index in [-0.39, 0.29) is 18.1 Å². The molecule has 26 heavy (non-hydrogen) atoms. The van der Waals surface area contributed by atoms with Crippen LogP contribution in [0.15, 0.2) is 12.1 Å². The molecule has 0 heterocycles. The number of hydrogen-bond donors (Lipinski definition) is 1. The van der Waals surface area contributed by atoms with Gasteiger partial charge in [-0.1, -0.05) is 0 Å². The van der Waals surface area contributed by atoms with Crippen molar-refractivity contribution in [1.82, 2.24) is 5.32 Å². The number of nitrogens with zero attached hydrogens (tertiary/aromatic N) is 1. The zero-order chi connectivity index (χ0) is 19.9. The van der Waals surface area contributed by atoms with Gasteiger partial charge >= 0.3 is 12.1 Å². The highest BCUT2D eigenvalue weighted by atomic mass is 19.4. The van der Waals surface area contributed by atoms with Crippen LogP contribution >= 0.6 is 0 Å². The molecule has 0 saturated carbocycles. The van der Waals surface area contributed by atoms with Crippen LogP contribution in [0.25, 0.3) is 0 Å². The van der Waals surface area contributed by atoms with Crippen molar-refractivity contribution in [2.24, 2.45) is 0 Å². The molecular formula is C14H15F3N2O7. The van der Waals surface area contributed by atoms with Gasteiger partial charge in [0.15, 0.2) is 18.1 Å². The van der Waals surface area contributed by atoms with E-state index in [9.17, 15) is 32.9 Å². The first kappa shape index (κ1) is 21.0. The summed E-state index contributed by atoms with van der Waals surface area (Å²) in [5.41, 5.74) is -1.21. The molecule has 12 heteroatoms. The van der Waals surface area contributed by atoms with Crippen molar-refractivity contribution in [2.75, 3.05) is 26.9 Å². The van der Waals surface area contributed by atoms with Gasteiger partial charge in [0, 0.05) is 6.07 Å². The number of amides is 1. The number of hydrogen-bond acceptors (Lipinski definition) is 7. The Labute approximate surface area is 145 Å². The van der Waals surface area contributed by atoms with Gasteiger partial charge in [0.1, 0.15) is 12.1 Å². The third-order valence-electron chi connectivity index (χ3n) is 2.82. The maximum Gasteiger partial charge on any atom is 0.405 e. The van der Waals surface area contributed by atoms with E-state index < -0.39 is 47.4 Å². The molecule has 1 rings (SSSR count). The highest BCUT2D eigenvalue weighted by molar-refractivity contribution is 5.96. The van der Waals surface area contributed by atoms with E-state index in [0.717, 1.165) is 12.1 Å². The van der Waals surface area contributed by atoms with E-state index in [1.54, 1.807) is 6.92 Å². The van der Waals surface area contributed by atoms with E-state index in [2.05, 4.69) is 4.74 Å². The lowest BCUT2D eigenvalue weighted by molar-refractivity contribution is -0.385. The van der Waals surface area contributed by atoms with Gasteiger partial charge in [-0.2, -0.15) is 13.2 Å². The van der Waals surface area contributed by atoms with Crippen molar-refractivity contribution in [3.8, 4) is 11.5 Å². The Morgan fingerprint density at radius 3 is 2.42 bits per heavy atom. The first-order chi connectivity index (χ1) is 12.1. The number of esters is 1. The summed E-state index contributed by atoms with van der Waals surface area (Å²) in [6.07, 6.45) is -4.62. The number of nitro benzene ring substituents is 1. The fourth-order valence-corrected chi connectivity index (χ4v) is 1.75. The van der Waals surface area contributed by atoms with Gasteiger partial charge < -0.3 is 19.5 Å². The molecule has 0 unspecified atom stereocenters. The molecule has 0 saturated heterocycles. The zero-order valence-corrected chi connectivity index (χ0v) is 13.7. The number of nitrogens with one attached hydrogen (secondary N) is 1. The summed E-state index contributed by atoms with van der Waals surface area (Å²) in [5, 5.41) is 12.6. The normalized spacial score (nSPS) is 10.8. The molecule has 0 radical (unpaired) electrons. The number of methoxy groups -OCH3 is 1. The fraction of sp³-hybridized carbons (Fsp3) is 0.429. The molecule has 0 aliphatic carbocycles. The summed E-state index contributed by atoms with van der Waals surface area (Å²) in [7, 11) is 1.24. The standard InChI is InChI=1S/C14H15F3N2O7/c1-3-25-11-4-8(9(19(22)23)5-10(11)24-2)13(21)26-6-12(20)18-7-14(15,16)17/h4-5H,3,6-7H2,1-2H3,(H,18,20). The van der Waals surface area contributed by atoms with E-state index in [0.29, 0.717) is 0 Å². The number of ether oxygens (including phenoxy) is 3. The van der Waals surface area contributed by atoms with Crippen LogP contribution < -0.4 is 14.8 Å². The summed E-state index contributed by atoms with van der Waals surface area (Å²) >= 11 is 0. The second-order valence-electron chi connectivity index (χ2n) is 4.68. The van der Waals surface area contributed by atoms with Gasteiger partial charge in [0.25, 0.3) is 11.6 Å². The number of alkyl halides is 3. The maximum absolute atomic E-state index is 12.0. The molecule has 0 spiro atoms. The molecule has 0 aromatic heterocycles. The molecule has 1 N–H and O–H groups in total. The highest BCUT2D eigenvalue weighted by Crippen LogP contribution is 2.35. The monoisotopic (exact) mass is 380 g/mol. The van der Waals surface area contributed by atoms with Crippen LogP contribution in [0.3, 0.4) is 0 Å². The Morgan fingerprint density at radius 1 is 1.27 bits per heavy atom. The number of halogens is 3. The lowest BCUT2D eigenvalue weighted by atomic mass is 10.1. The lowest BCUT2D eigenvalue weighted by Crippen LogP contribution is -2.36. The molecule has 144 valence electrons. The minimum atomic E-state index is -4.62. The largest absolute Gasteiger partial charge is 0.493 e. The van der Waals surface area contributed by atoms with Crippen LogP contribution in [-0.2, 0) is 9.53 Å². The molecule has 0 bridgehead atoms. The third kappa shape index (κ3) is 6.11. The fourth-order valence-electron chi connectivity index (χ4n) is 1.75. The maximum atomic E-state index is 12.0. The SMILES string of the molecule is CCOc1cc(C(=O)OCC(=O)NCC(F)(F)F)c([N+](=O)[O-])cc1OC. The molecule has 1 aromatic rings. The molecule has 0 atom stereocenters. The quantitative estimate of drug-likeness (QED) is 0.415. The van der Waals surface area contributed by atoms with Gasteiger partial charge in [0.2, 0.25) is 0 Å². The summed E-state index contributed by atoms with van der Waals surface area (Å²) in [6.45, 7) is -0.838. The van der Waals surface area contributed by atoms with Crippen molar-refractivity contribution < 1.29 is 41.9 Å². The summed E-state index contributed by atoms with van der Waals surface area (Å²) in [6, 6.07) is 1.93. The molecule has 0 fully saturated rings. The van der Waals surface area contributed by atoms with Gasteiger partial charge in [-0.25, -0.2) is 4.79 Å². The van der Waals surface area contributed by atoms with Gasteiger partial charge in [0.05, 0.1) is 24.7 Å². The Kier molecular flexibility index (Phi) is 7.16. The van der Waals surface area contributed by atoms with Crippen molar-refractivity contribution in [2.45, 2.75) is 13.1 Å². The number of carbonyl (C=O) groups is 2. The number of nitro groups is 1.